The Bertz CT molecular complexity index is 722. The van der Waals surface area contributed by atoms with E-state index in [-0.39, 0.29) is 5.96 Å². The van der Waals surface area contributed by atoms with Gasteiger partial charge in [-0.1, -0.05) is 48.5 Å². The van der Waals surface area contributed by atoms with Crippen molar-refractivity contribution in [1.82, 2.24) is 4.98 Å². The molecule has 0 saturated carbocycles. The average Bonchev–Trinajstić information content (AvgIpc) is 2.97. The molecule has 2 aromatic carbocycles. The summed E-state index contributed by atoms with van der Waals surface area (Å²) in [6.45, 7) is 0. The standard InChI is InChI=1S/C16H14N4S/c17-15(18-13-9-5-2-6-10-13)20-16-19-14(11-21-16)12-7-3-1-4-8-12/h1-11H,(H3,17,18,19,20). The van der Waals surface area contributed by atoms with E-state index in [9.17, 15) is 0 Å². The van der Waals surface area contributed by atoms with E-state index in [0.29, 0.717) is 5.13 Å². The second-order valence-corrected chi connectivity index (χ2v) is 5.25. The van der Waals surface area contributed by atoms with Crippen LogP contribution in [0.25, 0.3) is 11.3 Å². The Morgan fingerprint density at radius 3 is 2.29 bits per heavy atom. The zero-order chi connectivity index (χ0) is 14.5. The molecule has 0 atom stereocenters. The normalized spacial score (nSPS) is 10.1. The third-order valence-electron chi connectivity index (χ3n) is 2.85. The molecule has 0 saturated heterocycles. The third kappa shape index (κ3) is 3.46. The highest BCUT2D eigenvalue weighted by atomic mass is 32.1. The number of guanidine groups is 1. The van der Waals surface area contributed by atoms with Crippen LogP contribution in [0.3, 0.4) is 0 Å². The first-order chi connectivity index (χ1) is 10.3. The first-order valence-electron chi connectivity index (χ1n) is 6.50. The van der Waals surface area contributed by atoms with Crippen molar-refractivity contribution in [2.24, 2.45) is 0 Å². The molecule has 0 spiro atoms. The number of aromatic nitrogens is 1. The molecule has 21 heavy (non-hydrogen) atoms. The lowest BCUT2D eigenvalue weighted by Crippen LogP contribution is -2.20. The number of para-hydroxylation sites is 1. The van der Waals surface area contributed by atoms with Gasteiger partial charge in [0.2, 0.25) is 0 Å². The molecule has 0 unspecified atom stereocenters. The highest BCUT2D eigenvalue weighted by molar-refractivity contribution is 7.14. The Kier molecular flexibility index (Phi) is 3.93. The van der Waals surface area contributed by atoms with E-state index in [1.165, 1.54) is 11.3 Å². The summed E-state index contributed by atoms with van der Waals surface area (Å²) in [4.78, 5) is 4.49. The van der Waals surface area contributed by atoms with Gasteiger partial charge >= 0.3 is 0 Å². The van der Waals surface area contributed by atoms with Crippen molar-refractivity contribution < 1.29 is 0 Å². The quantitative estimate of drug-likeness (QED) is 0.499. The first kappa shape index (κ1) is 13.3. The summed E-state index contributed by atoms with van der Waals surface area (Å²) >= 11 is 1.48. The Labute approximate surface area is 127 Å². The Hall–Kier alpha value is -2.66. The van der Waals surface area contributed by atoms with Gasteiger partial charge in [0.05, 0.1) is 5.69 Å². The Morgan fingerprint density at radius 2 is 1.57 bits per heavy atom. The van der Waals surface area contributed by atoms with Crippen LogP contribution in [0.2, 0.25) is 0 Å². The van der Waals surface area contributed by atoms with E-state index in [1.807, 2.05) is 66.0 Å². The number of thiazole rings is 1. The zero-order valence-electron chi connectivity index (χ0n) is 11.2. The molecule has 5 heteroatoms. The molecule has 4 nitrogen and oxygen atoms in total. The predicted molar refractivity (Wildman–Crippen MR) is 89.0 cm³/mol. The maximum Gasteiger partial charge on any atom is 0.199 e. The van der Waals surface area contributed by atoms with Crippen molar-refractivity contribution in [1.29, 1.82) is 5.41 Å². The molecule has 0 radical (unpaired) electrons. The molecule has 3 aromatic rings. The van der Waals surface area contributed by atoms with Crippen molar-refractivity contribution in [3.63, 3.8) is 0 Å². The van der Waals surface area contributed by atoms with Gasteiger partial charge in [0, 0.05) is 16.6 Å². The highest BCUT2D eigenvalue weighted by Crippen LogP contribution is 2.24. The zero-order valence-corrected chi connectivity index (χ0v) is 12.0. The monoisotopic (exact) mass is 294 g/mol. The van der Waals surface area contributed by atoms with Crippen LogP contribution in [0.15, 0.2) is 66.0 Å². The third-order valence-corrected chi connectivity index (χ3v) is 3.61. The molecule has 0 bridgehead atoms. The highest BCUT2D eigenvalue weighted by Gasteiger charge is 2.05. The molecule has 0 aliphatic carbocycles. The summed E-state index contributed by atoms with van der Waals surface area (Å²) in [5.41, 5.74) is 2.86. The summed E-state index contributed by atoms with van der Waals surface area (Å²) in [6.07, 6.45) is 0. The summed E-state index contributed by atoms with van der Waals surface area (Å²) in [5.74, 6) is 0.204. The minimum atomic E-state index is 0.204. The van der Waals surface area contributed by atoms with Gasteiger partial charge in [-0.15, -0.1) is 11.3 Å². The fourth-order valence-corrected chi connectivity index (χ4v) is 2.60. The van der Waals surface area contributed by atoms with Crippen LogP contribution >= 0.6 is 11.3 Å². The Morgan fingerprint density at radius 1 is 0.905 bits per heavy atom. The second kappa shape index (κ2) is 6.19. The van der Waals surface area contributed by atoms with Gasteiger partial charge in [0.15, 0.2) is 11.1 Å². The number of rotatable bonds is 3. The molecule has 1 heterocycles. The fourth-order valence-electron chi connectivity index (χ4n) is 1.88. The van der Waals surface area contributed by atoms with Crippen molar-refractivity contribution >= 4 is 28.1 Å². The molecule has 3 rings (SSSR count). The van der Waals surface area contributed by atoms with Gasteiger partial charge in [-0.25, -0.2) is 4.98 Å². The van der Waals surface area contributed by atoms with E-state index in [1.54, 1.807) is 0 Å². The molecule has 0 aliphatic rings. The molecule has 104 valence electrons. The number of hydrogen-bond donors (Lipinski definition) is 3. The number of anilines is 2. The summed E-state index contributed by atoms with van der Waals surface area (Å²) in [5, 5.41) is 16.5. The fraction of sp³-hybridized carbons (Fsp3) is 0. The van der Waals surface area contributed by atoms with E-state index < -0.39 is 0 Å². The molecule has 0 fully saturated rings. The van der Waals surface area contributed by atoms with Gasteiger partial charge in [0.1, 0.15) is 0 Å². The average molecular weight is 294 g/mol. The van der Waals surface area contributed by atoms with Crippen molar-refractivity contribution in [2.45, 2.75) is 0 Å². The number of nitrogens with zero attached hydrogens (tertiary/aromatic N) is 1. The van der Waals surface area contributed by atoms with Crippen LogP contribution in [0.4, 0.5) is 10.8 Å². The number of nitrogens with one attached hydrogen (secondary N) is 3. The largest absolute Gasteiger partial charge is 0.326 e. The van der Waals surface area contributed by atoms with Crippen molar-refractivity contribution in [3.8, 4) is 11.3 Å². The SMILES string of the molecule is N=C(Nc1ccccc1)Nc1nc(-c2ccccc2)cs1. The molecule has 0 aliphatic heterocycles. The van der Waals surface area contributed by atoms with Crippen LogP contribution < -0.4 is 10.6 Å². The summed E-state index contributed by atoms with van der Waals surface area (Å²) in [6, 6.07) is 19.6. The second-order valence-electron chi connectivity index (χ2n) is 4.39. The van der Waals surface area contributed by atoms with Crippen LogP contribution in [0.5, 0.6) is 0 Å². The van der Waals surface area contributed by atoms with Crippen LogP contribution in [-0.2, 0) is 0 Å². The van der Waals surface area contributed by atoms with E-state index in [0.717, 1.165) is 16.9 Å². The van der Waals surface area contributed by atoms with E-state index in [4.69, 9.17) is 5.41 Å². The molecule has 1 aromatic heterocycles. The predicted octanol–water partition coefficient (Wildman–Crippen LogP) is 4.27. The molecular formula is C16H14N4S. The lowest BCUT2D eigenvalue weighted by Gasteiger charge is -2.07. The van der Waals surface area contributed by atoms with E-state index >= 15 is 0 Å². The minimum absolute atomic E-state index is 0.204. The minimum Gasteiger partial charge on any atom is -0.326 e. The van der Waals surface area contributed by atoms with Crippen molar-refractivity contribution in [3.05, 3.63) is 66.0 Å². The molecule has 3 N–H and O–H groups in total. The number of benzene rings is 2. The summed E-state index contributed by atoms with van der Waals surface area (Å²) in [7, 11) is 0. The number of hydrogen-bond acceptors (Lipinski definition) is 3. The lowest BCUT2D eigenvalue weighted by molar-refractivity contribution is 1.37. The maximum absolute atomic E-state index is 7.92. The molecule has 0 amide bonds. The van der Waals surface area contributed by atoms with E-state index in [2.05, 4.69) is 15.6 Å². The van der Waals surface area contributed by atoms with Crippen LogP contribution in [0.1, 0.15) is 0 Å². The summed E-state index contributed by atoms with van der Waals surface area (Å²) < 4.78 is 0. The van der Waals surface area contributed by atoms with Crippen molar-refractivity contribution in [2.75, 3.05) is 10.6 Å². The van der Waals surface area contributed by atoms with Gasteiger partial charge in [0.25, 0.3) is 0 Å². The van der Waals surface area contributed by atoms with Gasteiger partial charge in [-0.3, -0.25) is 5.41 Å². The van der Waals surface area contributed by atoms with Crippen LogP contribution in [-0.4, -0.2) is 10.9 Å². The van der Waals surface area contributed by atoms with Crippen LogP contribution in [0, 0.1) is 5.41 Å². The lowest BCUT2D eigenvalue weighted by atomic mass is 10.2. The first-order valence-corrected chi connectivity index (χ1v) is 7.38. The Balaban J connectivity index is 1.66. The maximum atomic E-state index is 7.92. The van der Waals surface area contributed by atoms with Gasteiger partial charge in [-0.05, 0) is 12.1 Å². The van der Waals surface area contributed by atoms with Gasteiger partial charge < -0.3 is 10.6 Å². The smallest absolute Gasteiger partial charge is 0.199 e. The topological polar surface area (TPSA) is 60.8 Å². The van der Waals surface area contributed by atoms with Gasteiger partial charge in [-0.2, -0.15) is 0 Å². The molecular weight excluding hydrogens is 280 g/mol.